The number of aromatic amines is 1. The van der Waals surface area contributed by atoms with Gasteiger partial charge in [0.25, 0.3) is 0 Å². The van der Waals surface area contributed by atoms with Crippen molar-refractivity contribution >= 4 is 16.7 Å². The molecule has 1 heterocycles. The summed E-state index contributed by atoms with van der Waals surface area (Å²) in [5, 5.41) is 0. The summed E-state index contributed by atoms with van der Waals surface area (Å²) in [6.45, 7) is 4.36. The minimum absolute atomic E-state index is 0.609. The third-order valence-corrected chi connectivity index (χ3v) is 2.30. The average Bonchev–Trinajstić information content (AvgIpc) is 2.57. The van der Waals surface area contributed by atoms with Crippen LogP contribution in [0.4, 0.5) is 5.69 Å². The molecule has 0 bridgehead atoms. The molecular weight excluding hydrogens is 188 g/mol. The Balaban J connectivity index is 2.37. The van der Waals surface area contributed by atoms with Crippen molar-refractivity contribution in [2.45, 2.75) is 20.3 Å². The lowest BCUT2D eigenvalue weighted by Crippen LogP contribution is -2.05. The van der Waals surface area contributed by atoms with E-state index >= 15 is 0 Å². The first-order valence-electron chi connectivity index (χ1n) is 5.14. The number of imidazole rings is 1. The van der Waals surface area contributed by atoms with Crippen LogP contribution < -0.4 is 11.3 Å². The molecule has 0 aliphatic rings. The highest BCUT2D eigenvalue weighted by Crippen LogP contribution is 2.17. The van der Waals surface area contributed by atoms with Crippen LogP contribution in [-0.4, -0.2) is 9.97 Å². The number of fused-ring (bicyclic) bond motifs is 1. The van der Waals surface area contributed by atoms with Gasteiger partial charge in [0.1, 0.15) is 5.82 Å². The second-order valence-corrected chi connectivity index (χ2v) is 4.16. The largest absolute Gasteiger partial charge is 0.342 e. The lowest BCUT2D eigenvalue weighted by Gasteiger charge is -1.98. The summed E-state index contributed by atoms with van der Waals surface area (Å²) in [7, 11) is 0. The Morgan fingerprint density at radius 2 is 2.27 bits per heavy atom. The van der Waals surface area contributed by atoms with E-state index in [9.17, 15) is 0 Å². The van der Waals surface area contributed by atoms with Crippen molar-refractivity contribution < 1.29 is 0 Å². The Bertz CT molecular complexity index is 459. The Morgan fingerprint density at radius 3 is 2.93 bits per heavy atom. The van der Waals surface area contributed by atoms with Crippen molar-refractivity contribution in [3.05, 3.63) is 24.0 Å². The predicted octanol–water partition coefficient (Wildman–Crippen LogP) is 2.05. The number of anilines is 1. The Labute approximate surface area is 88.9 Å². The molecule has 0 spiro atoms. The molecule has 4 N–H and O–H groups in total. The van der Waals surface area contributed by atoms with Crippen LogP contribution in [0, 0.1) is 5.92 Å². The number of benzene rings is 1. The normalized spacial score (nSPS) is 11.2. The molecular formula is C11H16N4. The third kappa shape index (κ3) is 2.10. The molecule has 2 aromatic rings. The Hall–Kier alpha value is -1.55. The molecule has 15 heavy (non-hydrogen) atoms. The fourth-order valence-electron chi connectivity index (χ4n) is 1.64. The number of hydrogen-bond acceptors (Lipinski definition) is 3. The summed E-state index contributed by atoms with van der Waals surface area (Å²) < 4.78 is 0. The minimum atomic E-state index is 0.609. The number of nitrogens with two attached hydrogens (primary N) is 1. The van der Waals surface area contributed by atoms with Crippen LogP contribution >= 0.6 is 0 Å². The highest BCUT2D eigenvalue weighted by Gasteiger charge is 2.04. The quantitative estimate of drug-likeness (QED) is 0.529. The Kier molecular flexibility index (Phi) is 2.60. The molecule has 0 unspecified atom stereocenters. The van der Waals surface area contributed by atoms with Gasteiger partial charge >= 0.3 is 0 Å². The van der Waals surface area contributed by atoms with Crippen LogP contribution in [-0.2, 0) is 6.42 Å². The van der Waals surface area contributed by atoms with Gasteiger partial charge in [-0.2, -0.15) is 0 Å². The van der Waals surface area contributed by atoms with Crippen LogP contribution in [0.15, 0.2) is 18.2 Å². The van der Waals surface area contributed by atoms with E-state index in [0.717, 1.165) is 29.0 Å². The van der Waals surface area contributed by atoms with E-state index in [1.807, 2.05) is 18.2 Å². The molecule has 0 saturated carbocycles. The molecule has 0 saturated heterocycles. The summed E-state index contributed by atoms with van der Waals surface area (Å²) in [5.74, 6) is 6.99. The second kappa shape index (κ2) is 3.90. The number of hydrogen-bond donors (Lipinski definition) is 3. The molecule has 2 rings (SSSR count). The summed E-state index contributed by atoms with van der Waals surface area (Å²) in [6.07, 6.45) is 0.972. The maximum atomic E-state index is 5.34. The number of H-pyrrole nitrogens is 1. The number of aromatic nitrogens is 2. The molecule has 0 amide bonds. The predicted molar refractivity (Wildman–Crippen MR) is 62.4 cm³/mol. The van der Waals surface area contributed by atoms with Gasteiger partial charge < -0.3 is 10.4 Å². The van der Waals surface area contributed by atoms with Crippen molar-refractivity contribution in [2.24, 2.45) is 11.8 Å². The third-order valence-electron chi connectivity index (χ3n) is 2.30. The van der Waals surface area contributed by atoms with E-state index in [0.29, 0.717) is 5.92 Å². The molecule has 1 aromatic carbocycles. The molecule has 4 nitrogen and oxygen atoms in total. The van der Waals surface area contributed by atoms with E-state index in [4.69, 9.17) is 5.84 Å². The zero-order valence-corrected chi connectivity index (χ0v) is 9.04. The van der Waals surface area contributed by atoms with Crippen LogP contribution in [0.2, 0.25) is 0 Å². The van der Waals surface area contributed by atoms with E-state index in [1.54, 1.807) is 0 Å². The van der Waals surface area contributed by atoms with Crippen LogP contribution in [0.1, 0.15) is 19.7 Å². The minimum Gasteiger partial charge on any atom is -0.342 e. The monoisotopic (exact) mass is 204 g/mol. The van der Waals surface area contributed by atoms with Gasteiger partial charge in [-0.05, 0) is 24.1 Å². The highest BCUT2D eigenvalue weighted by atomic mass is 15.2. The molecule has 0 aliphatic carbocycles. The fourth-order valence-corrected chi connectivity index (χ4v) is 1.64. The second-order valence-electron chi connectivity index (χ2n) is 4.16. The lowest BCUT2D eigenvalue weighted by atomic mass is 10.1. The van der Waals surface area contributed by atoms with Gasteiger partial charge in [-0.1, -0.05) is 13.8 Å². The molecule has 80 valence electrons. The van der Waals surface area contributed by atoms with Crippen molar-refractivity contribution in [2.75, 3.05) is 5.43 Å². The van der Waals surface area contributed by atoms with Crippen LogP contribution in [0.25, 0.3) is 11.0 Å². The van der Waals surface area contributed by atoms with Crippen LogP contribution in [0.5, 0.6) is 0 Å². The van der Waals surface area contributed by atoms with Crippen molar-refractivity contribution in [3.63, 3.8) is 0 Å². The van der Waals surface area contributed by atoms with E-state index in [-0.39, 0.29) is 0 Å². The van der Waals surface area contributed by atoms with Gasteiger partial charge in [0.15, 0.2) is 0 Å². The van der Waals surface area contributed by atoms with E-state index in [1.165, 1.54) is 0 Å². The van der Waals surface area contributed by atoms with Gasteiger partial charge in [-0.15, -0.1) is 0 Å². The first kappa shape index (κ1) is 9.98. The van der Waals surface area contributed by atoms with Gasteiger partial charge in [-0.25, -0.2) is 4.98 Å². The first-order chi connectivity index (χ1) is 7.19. The fraction of sp³-hybridized carbons (Fsp3) is 0.364. The molecule has 0 atom stereocenters. The maximum Gasteiger partial charge on any atom is 0.107 e. The number of hydrazine groups is 1. The molecule has 0 fully saturated rings. The van der Waals surface area contributed by atoms with E-state index < -0.39 is 0 Å². The number of rotatable bonds is 3. The smallest absolute Gasteiger partial charge is 0.107 e. The topological polar surface area (TPSA) is 66.7 Å². The number of nitrogens with one attached hydrogen (secondary N) is 2. The summed E-state index contributed by atoms with van der Waals surface area (Å²) >= 11 is 0. The first-order valence-corrected chi connectivity index (χ1v) is 5.14. The Morgan fingerprint density at radius 1 is 1.47 bits per heavy atom. The maximum absolute atomic E-state index is 5.34. The van der Waals surface area contributed by atoms with Crippen molar-refractivity contribution in [1.29, 1.82) is 0 Å². The summed E-state index contributed by atoms with van der Waals surface area (Å²) in [5.41, 5.74) is 5.53. The van der Waals surface area contributed by atoms with Crippen LogP contribution in [0.3, 0.4) is 0 Å². The standard InChI is InChI=1S/C11H16N4/c1-7(2)5-11-13-9-4-3-8(15-12)6-10(9)14-11/h3-4,6-7,15H,5,12H2,1-2H3,(H,13,14). The van der Waals surface area contributed by atoms with Gasteiger partial charge in [0.05, 0.1) is 16.7 Å². The van der Waals surface area contributed by atoms with Crippen molar-refractivity contribution in [1.82, 2.24) is 9.97 Å². The van der Waals surface area contributed by atoms with Gasteiger partial charge in [0, 0.05) is 6.42 Å². The number of nitrogens with zero attached hydrogens (tertiary/aromatic N) is 1. The molecule has 4 heteroatoms. The van der Waals surface area contributed by atoms with Crippen molar-refractivity contribution in [3.8, 4) is 0 Å². The van der Waals surface area contributed by atoms with Gasteiger partial charge in [0.2, 0.25) is 0 Å². The lowest BCUT2D eigenvalue weighted by molar-refractivity contribution is 0.627. The SMILES string of the molecule is CC(C)Cc1nc2ccc(NN)cc2[nH]1. The average molecular weight is 204 g/mol. The highest BCUT2D eigenvalue weighted by molar-refractivity contribution is 5.79. The zero-order chi connectivity index (χ0) is 10.8. The van der Waals surface area contributed by atoms with E-state index in [2.05, 4.69) is 29.2 Å². The molecule has 0 radical (unpaired) electrons. The molecule has 1 aromatic heterocycles. The summed E-state index contributed by atoms with van der Waals surface area (Å²) in [4.78, 5) is 7.80. The molecule has 0 aliphatic heterocycles. The number of nitrogen functional groups attached to an aromatic ring is 1. The van der Waals surface area contributed by atoms with Gasteiger partial charge in [-0.3, -0.25) is 5.84 Å². The summed E-state index contributed by atoms with van der Waals surface area (Å²) in [6, 6.07) is 5.85. The zero-order valence-electron chi connectivity index (χ0n) is 9.04.